The number of aliphatic hydroxyl groups excluding tert-OH is 3. The van der Waals surface area contributed by atoms with Crippen LogP contribution in [0, 0.1) is 0 Å². The minimum absolute atomic E-state index is 0.128. The van der Waals surface area contributed by atoms with Crippen LogP contribution in [0.1, 0.15) is 78.1 Å². The predicted octanol–water partition coefficient (Wildman–Crippen LogP) is 2.80. The third kappa shape index (κ3) is 8.77. The van der Waals surface area contributed by atoms with Crippen molar-refractivity contribution in [3.05, 3.63) is 0 Å². The molecule has 1 amide bonds. The number of unbranched alkanes of at least 4 members (excludes halogenated alkanes) is 9. The van der Waals surface area contributed by atoms with Crippen LogP contribution in [0.3, 0.4) is 0 Å². The van der Waals surface area contributed by atoms with Crippen molar-refractivity contribution in [1.82, 2.24) is 4.90 Å². The number of ether oxygens (including phenoxy) is 2. The van der Waals surface area contributed by atoms with Crippen LogP contribution >= 0.6 is 0 Å². The summed E-state index contributed by atoms with van der Waals surface area (Å²) in [4.78, 5) is 13.6. The molecule has 0 aliphatic carbocycles. The van der Waals surface area contributed by atoms with Gasteiger partial charge < -0.3 is 24.8 Å². The normalized spacial score (nSPS) is 25.4. The van der Waals surface area contributed by atoms with Gasteiger partial charge in [0.2, 0.25) is 0 Å². The molecule has 0 bridgehead atoms. The van der Waals surface area contributed by atoms with Gasteiger partial charge in [0.15, 0.2) is 6.23 Å². The first-order valence-electron chi connectivity index (χ1n) is 10.6. The number of carbonyl (C=O) groups is 1. The van der Waals surface area contributed by atoms with Crippen molar-refractivity contribution in [2.45, 2.75) is 103 Å². The minimum Gasteiger partial charge on any atom is -0.450 e. The average molecular weight is 390 g/mol. The van der Waals surface area contributed by atoms with Gasteiger partial charge in [-0.3, -0.25) is 4.90 Å². The third-order valence-corrected chi connectivity index (χ3v) is 5.04. The highest BCUT2D eigenvalue weighted by atomic mass is 16.6. The van der Waals surface area contributed by atoms with Gasteiger partial charge in [0, 0.05) is 6.54 Å². The summed E-state index contributed by atoms with van der Waals surface area (Å²) in [5.74, 6) is 0. The Bertz CT molecular complexity index is 395. The highest BCUT2D eigenvalue weighted by molar-refractivity contribution is 5.67. The highest BCUT2D eigenvalue weighted by Crippen LogP contribution is 2.21. The first-order chi connectivity index (χ1) is 13.0. The molecule has 3 N–H and O–H groups in total. The average Bonchev–Trinajstić information content (AvgIpc) is 2.65. The van der Waals surface area contributed by atoms with Gasteiger partial charge in [-0.2, -0.15) is 0 Å². The molecule has 1 fully saturated rings. The topological polar surface area (TPSA) is 99.5 Å². The summed E-state index contributed by atoms with van der Waals surface area (Å²) in [6.07, 6.45) is 6.42. The van der Waals surface area contributed by atoms with E-state index in [9.17, 15) is 20.1 Å². The van der Waals surface area contributed by atoms with Crippen molar-refractivity contribution in [1.29, 1.82) is 0 Å². The van der Waals surface area contributed by atoms with Crippen LogP contribution in [0.15, 0.2) is 0 Å². The molecule has 0 spiro atoms. The molecule has 7 heteroatoms. The Morgan fingerprint density at radius 1 is 0.926 bits per heavy atom. The molecule has 1 aliphatic heterocycles. The maximum absolute atomic E-state index is 12.2. The van der Waals surface area contributed by atoms with Gasteiger partial charge in [-0.15, -0.1) is 0 Å². The summed E-state index contributed by atoms with van der Waals surface area (Å²) in [6, 6.07) is 0. The second kappa shape index (κ2) is 14.2. The Morgan fingerprint density at radius 3 is 2.04 bits per heavy atom. The van der Waals surface area contributed by atoms with Crippen LogP contribution in [-0.2, 0) is 9.47 Å². The first kappa shape index (κ1) is 24.1. The van der Waals surface area contributed by atoms with Crippen molar-refractivity contribution in [2.24, 2.45) is 0 Å². The van der Waals surface area contributed by atoms with Crippen molar-refractivity contribution >= 4 is 6.09 Å². The van der Waals surface area contributed by atoms with Gasteiger partial charge in [0.05, 0.1) is 13.2 Å². The lowest BCUT2D eigenvalue weighted by Gasteiger charge is -2.40. The molecule has 7 nitrogen and oxygen atoms in total. The van der Waals surface area contributed by atoms with E-state index in [0.717, 1.165) is 19.3 Å². The van der Waals surface area contributed by atoms with E-state index >= 15 is 0 Å². The van der Waals surface area contributed by atoms with Gasteiger partial charge in [-0.25, -0.2) is 4.79 Å². The zero-order chi connectivity index (χ0) is 20.1. The van der Waals surface area contributed by atoms with Gasteiger partial charge in [0.25, 0.3) is 0 Å². The lowest BCUT2D eigenvalue weighted by molar-refractivity contribution is -0.222. The van der Waals surface area contributed by atoms with Crippen molar-refractivity contribution in [3.63, 3.8) is 0 Å². The minimum atomic E-state index is -1.36. The van der Waals surface area contributed by atoms with E-state index < -0.39 is 30.6 Å². The van der Waals surface area contributed by atoms with Crippen LogP contribution in [0.4, 0.5) is 4.79 Å². The second-order valence-corrected chi connectivity index (χ2v) is 7.35. The van der Waals surface area contributed by atoms with Crippen LogP contribution in [0.25, 0.3) is 0 Å². The maximum atomic E-state index is 12.2. The molecule has 27 heavy (non-hydrogen) atoms. The molecular formula is C20H39NO6. The molecule has 4 atom stereocenters. The SMILES string of the molecule is CCCCCCCCCCCCN(C(=O)OCC)C1OC[C@@H](O)[C@@H](O)[C@H]1O. The number of nitrogens with zero attached hydrogens (tertiary/aromatic N) is 1. The van der Waals surface area contributed by atoms with Gasteiger partial charge in [0.1, 0.15) is 18.3 Å². The summed E-state index contributed by atoms with van der Waals surface area (Å²) in [6.45, 7) is 4.42. The van der Waals surface area contributed by atoms with Crippen LogP contribution < -0.4 is 0 Å². The number of carbonyl (C=O) groups excluding carboxylic acids is 1. The molecule has 1 heterocycles. The van der Waals surface area contributed by atoms with Gasteiger partial charge >= 0.3 is 6.09 Å². The third-order valence-electron chi connectivity index (χ3n) is 5.04. The fourth-order valence-corrected chi connectivity index (χ4v) is 3.36. The van der Waals surface area contributed by atoms with E-state index in [1.165, 1.54) is 49.8 Å². The fraction of sp³-hybridized carbons (Fsp3) is 0.950. The molecule has 0 aromatic rings. The van der Waals surface area contributed by atoms with E-state index in [1.807, 2.05) is 0 Å². The first-order valence-corrected chi connectivity index (χ1v) is 10.6. The summed E-state index contributed by atoms with van der Waals surface area (Å²) < 4.78 is 10.5. The van der Waals surface area contributed by atoms with E-state index in [2.05, 4.69) is 6.92 Å². The number of rotatable bonds is 13. The fourth-order valence-electron chi connectivity index (χ4n) is 3.36. The Labute approximate surface area is 163 Å². The zero-order valence-corrected chi connectivity index (χ0v) is 17.0. The molecule has 0 aromatic carbocycles. The summed E-state index contributed by atoms with van der Waals surface area (Å²) >= 11 is 0. The summed E-state index contributed by atoms with van der Waals surface area (Å²) in [5, 5.41) is 29.6. The lowest BCUT2D eigenvalue weighted by atomic mass is 10.0. The Balaban J connectivity index is 2.33. The number of hydrogen-bond donors (Lipinski definition) is 3. The Hall–Kier alpha value is -0.890. The van der Waals surface area contributed by atoms with E-state index in [-0.39, 0.29) is 13.2 Å². The van der Waals surface area contributed by atoms with Crippen LogP contribution in [0.2, 0.25) is 0 Å². The molecule has 0 saturated carbocycles. The van der Waals surface area contributed by atoms with Crippen molar-refractivity contribution in [2.75, 3.05) is 19.8 Å². The predicted molar refractivity (Wildman–Crippen MR) is 103 cm³/mol. The quantitative estimate of drug-likeness (QED) is 0.419. The summed E-state index contributed by atoms with van der Waals surface area (Å²) in [5.41, 5.74) is 0. The van der Waals surface area contributed by atoms with E-state index in [4.69, 9.17) is 9.47 Å². The molecule has 1 aliphatic rings. The molecule has 1 unspecified atom stereocenters. The highest BCUT2D eigenvalue weighted by Gasteiger charge is 2.42. The molecular weight excluding hydrogens is 350 g/mol. The monoisotopic (exact) mass is 389 g/mol. The number of aliphatic hydroxyl groups is 3. The van der Waals surface area contributed by atoms with Crippen molar-refractivity contribution in [3.8, 4) is 0 Å². The maximum Gasteiger partial charge on any atom is 0.411 e. The molecule has 1 saturated heterocycles. The molecule has 160 valence electrons. The van der Waals surface area contributed by atoms with Crippen LogP contribution in [0.5, 0.6) is 0 Å². The van der Waals surface area contributed by atoms with E-state index in [1.54, 1.807) is 6.92 Å². The second-order valence-electron chi connectivity index (χ2n) is 7.35. The van der Waals surface area contributed by atoms with Crippen LogP contribution in [-0.4, -0.2) is 70.6 Å². The molecule has 0 aromatic heterocycles. The number of hydrogen-bond acceptors (Lipinski definition) is 6. The largest absolute Gasteiger partial charge is 0.450 e. The Morgan fingerprint density at radius 2 is 1.48 bits per heavy atom. The zero-order valence-electron chi connectivity index (χ0n) is 17.0. The molecule has 1 rings (SSSR count). The van der Waals surface area contributed by atoms with E-state index in [0.29, 0.717) is 6.54 Å². The lowest BCUT2D eigenvalue weighted by Crippen LogP contribution is -2.60. The smallest absolute Gasteiger partial charge is 0.411 e. The van der Waals surface area contributed by atoms with Gasteiger partial charge in [-0.1, -0.05) is 64.7 Å². The Kier molecular flexibility index (Phi) is 12.7. The molecule has 0 radical (unpaired) electrons. The van der Waals surface area contributed by atoms with Gasteiger partial charge in [-0.05, 0) is 13.3 Å². The summed E-state index contributed by atoms with van der Waals surface area (Å²) in [7, 11) is 0. The number of amides is 1. The van der Waals surface area contributed by atoms with Crippen molar-refractivity contribution < 1.29 is 29.6 Å². The standard InChI is InChI=1S/C20H39NO6/c1-3-5-6-7-8-9-10-11-12-13-14-21(20(25)26-4-2)19-18(24)17(23)16(22)15-27-19/h16-19,22-24H,3-15H2,1-2H3/t16-,17-,18-,19?/m1/s1.